The lowest BCUT2D eigenvalue weighted by molar-refractivity contribution is 0.0936. The van der Waals surface area contributed by atoms with E-state index in [9.17, 15) is 4.79 Å². The first kappa shape index (κ1) is 14.8. The van der Waals surface area contributed by atoms with Crippen molar-refractivity contribution in [2.24, 2.45) is 5.41 Å². The van der Waals surface area contributed by atoms with Gasteiger partial charge in [-0.25, -0.2) is 0 Å². The number of carbonyl (C=O) groups is 1. The van der Waals surface area contributed by atoms with E-state index >= 15 is 0 Å². The van der Waals surface area contributed by atoms with Crippen molar-refractivity contribution in [3.05, 3.63) is 24.0 Å². The van der Waals surface area contributed by atoms with E-state index in [1.54, 1.807) is 12.4 Å². The summed E-state index contributed by atoms with van der Waals surface area (Å²) in [5, 5.41) is 6.43. The predicted octanol–water partition coefficient (Wildman–Crippen LogP) is 3.21. The predicted molar refractivity (Wildman–Crippen MR) is 81.9 cm³/mol. The van der Waals surface area contributed by atoms with Crippen LogP contribution in [0, 0.1) is 5.41 Å². The summed E-state index contributed by atoms with van der Waals surface area (Å²) < 4.78 is 0. The molecule has 1 aromatic rings. The normalized spacial score (nSPS) is 20.6. The van der Waals surface area contributed by atoms with Crippen molar-refractivity contribution in [3.8, 4) is 0 Å². The van der Waals surface area contributed by atoms with Gasteiger partial charge in [-0.1, -0.05) is 20.8 Å². The quantitative estimate of drug-likeness (QED) is 0.867. The van der Waals surface area contributed by atoms with Gasteiger partial charge < -0.3 is 10.6 Å². The lowest BCUT2D eigenvalue weighted by atomic mass is 9.92. The summed E-state index contributed by atoms with van der Waals surface area (Å²) >= 11 is 0. The number of nitrogens with zero attached hydrogens (tertiary/aromatic N) is 1. The number of amides is 1. The molecule has 0 radical (unpaired) electrons. The fourth-order valence-electron chi connectivity index (χ4n) is 2.81. The zero-order chi connectivity index (χ0) is 14.6. The number of anilines is 1. The number of hydrogen-bond acceptors (Lipinski definition) is 3. The van der Waals surface area contributed by atoms with Crippen molar-refractivity contribution in [1.29, 1.82) is 0 Å². The molecule has 1 heterocycles. The van der Waals surface area contributed by atoms with Gasteiger partial charge in [0, 0.05) is 25.0 Å². The van der Waals surface area contributed by atoms with Crippen LogP contribution in [0.1, 0.15) is 56.8 Å². The van der Waals surface area contributed by atoms with Crippen LogP contribution in [0.4, 0.5) is 5.69 Å². The summed E-state index contributed by atoms with van der Waals surface area (Å²) in [6.07, 6.45) is 7.68. The van der Waals surface area contributed by atoms with E-state index < -0.39 is 0 Å². The largest absolute Gasteiger partial charge is 0.384 e. The van der Waals surface area contributed by atoms with Crippen molar-refractivity contribution < 1.29 is 4.79 Å². The molecule has 20 heavy (non-hydrogen) atoms. The van der Waals surface area contributed by atoms with Crippen LogP contribution in [0.25, 0.3) is 0 Å². The van der Waals surface area contributed by atoms with Crippen molar-refractivity contribution in [3.63, 3.8) is 0 Å². The summed E-state index contributed by atoms with van der Waals surface area (Å²) in [6.45, 7) is 7.49. The van der Waals surface area contributed by atoms with Crippen molar-refractivity contribution >= 4 is 11.6 Å². The molecule has 1 aliphatic rings. The maximum atomic E-state index is 12.4. The average molecular weight is 275 g/mol. The summed E-state index contributed by atoms with van der Waals surface area (Å²) in [7, 11) is 0. The Hall–Kier alpha value is -1.58. The van der Waals surface area contributed by atoms with Crippen LogP contribution in [0.3, 0.4) is 0 Å². The number of carbonyl (C=O) groups excluding carboxylic acids is 1. The van der Waals surface area contributed by atoms with E-state index in [4.69, 9.17) is 0 Å². The van der Waals surface area contributed by atoms with Gasteiger partial charge in [0.25, 0.3) is 5.91 Å². The SMILES string of the molecule is CCCNc1ccncc1C(=O)NC1CCC(C)(C)C1. The summed E-state index contributed by atoms with van der Waals surface area (Å²) in [5.41, 5.74) is 1.86. The molecule has 1 aliphatic carbocycles. The van der Waals surface area contributed by atoms with Crippen LogP contribution in [0.2, 0.25) is 0 Å². The number of hydrogen-bond donors (Lipinski definition) is 2. The van der Waals surface area contributed by atoms with E-state index in [0.717, 1.165) is 31.5 Å². The molecule has 1 unspecified atom stereocenters. The number of pyridine rings is 1. The zero-order valence-corrected chi connectivity index (χ0v) is 12.7. The molecule has 0 aromatic carbocycles. The molecule has 110 valence electrons. The van der Waals surface area contributed by atoms with Crippen LogP contribution in [-0.2, 0) is 0 Å². The summed E-state index contributed by atoms with van der Waals surface area (Å²) in [4.78, 5) is 16.5. The van der Waals surface area contributed by atoms with Gasteiger partial charge in [-0.3, -0.25) is 9.78 Å². The van der Waals surface area contributed by atoms with Gasteiger partial charge in [0.05, 0.1) is 11.3 Å². The molecular weight excluding hydrogens is 250 g/mol. The third-order valence-electron chi connectivity index (χ3n) is 3.93. The summed E-state index contributed by atoms with van der Waals surface area (Å²) in [5.74, 6) is -0.0144. The third-order valence-corrected chi connectivity index (χ3v) is 3.93. The van der Waals surface area contributed by atoms with Crippen molar-refractivity contribution in [1.82, 2.24) is 10.3 Å². The second-order valence-corrected chi connectivity index (χ2v) is 6.43. The van der Waals surface area contributed by atoms with E-state index in [0.29, 0.717) is 11.0 Å². The Morgan fingerprint density at radius 1 is 1.50 bits per heavy atom. The first-order chi connectivity index (χ1) is 9.52. The molecule has 1 fully saturated rings. The Balaban J connectivity index is 2.02. The fourth-order valence-corrected chi connectivity index (χ4v) is 2.81. The number of rotatable bonds is 5. The van der Waals surface area contributed by atoms with Gasteiger partial charge in [-0.2, -0.15) is 0 Å². The van der Waals surface area contributed by atoms with Crippen LogP contribution in [-0.4, -0.2) is 23.5 Å². The van der Waals surface area contributed by atoms with E-state index in [2.05, 4.69) is 36.4 Å². The zero-order valence-electron chi connectivity index (χ0n) is 12.7. The van der Waals surface area contributed by atoms with Crippen LogP contribution >= 0.6 is 0 Å². The molecule has 0 bridgehead atoms. The van der Waals surface area contributed by atoms with Gasteiger partial charge >= 0.3 is 0 Å². The minimum atomic E-state index is -0.0144. The van der Waals surface area contributed by atoms with Gasteiger partial charge in [-0.15, -0.1) is 0 Å². The van der Waals surface area contributed by atoms with Crippen LogP contribution in [0.5, 0.6) is 0 Å². The Morgan fingerprint density at radius 3 is 2.95 bits per heavy atom. The Morgan fingerprint density at radius 2 is 2.30 bits per heavy atom. The highest BCUT2D eigenvalue weighted by Crippen LogP contribution is 2.37. The lowest BCUT2D eigenvalue weighted by Crippen LogP contribution is -2.34. The molecule has 4 nitrogen and oxygen atoms in total. The highest BCUT2D eigenvalue weighted by molar-refractivity contribution is 5.99. The van der Waals surface area contributed by atoms with E-state index in [1.807, 2.05) is 6.07 Å². The summed E-state index contributed by atoms with van der Waals surface area (Å²) in [6, 6.07) is 2.15. The smallest absolute Gasteiger partial charge is 0.255 e. The molecule has 2 rings (SSSR count). The third kappa shape index (κ3) is 3.71. The number of aromatic nitrogens is 1. The van der Waals surface area contributed by atoms with Crippen LogP contribution < -0.4 is 10.6 Å². The molecule has 0 aliphatic heterocycles. The van der Waals surface area contributed by atoms with Gasteiger partial charge in [0.2, 0.25) is 0 Å². The van der Waals surface area contributed by atoms with E-state index in [-0.39, 0.29) is 11.9 Å². The standard InChI is InChI=1S/C16H25N3O/c1-4-8-18-14-6-9-17-11-13(14)15(20)19-12-5-7-16(2,3)10-12/h6,9,11-12H,4-5,7-8,10H2,1-3H3,(H,17,18)(H,19,20). The number of nitrogens with one attached hydrogen (secondary N) is 2. The van der Waals surface area contributed by atoms with Gasteiger partial charge in [0.1, 0.15) is 0 Å². The minimum Gasteiger partial charge on any atom is -0.384 e. The van der Waals surface area contributed by atoms with Gasteiger partial charge in [-0.05, 0) is 37.2 Å². The average Bonchev–Trinajstić information content (AvgIpc) is 2.76. The van der Waals surface area contributed by atoms with Crippen molar-refractivity contribution in [2.45, 2.75) is 52.5 Å². The fraction of sp³-hybridized carbons (Fsp3) is 0.625. The lowest BCUT2D eigenvalue weighted by Gasteiger charge is -2.18. The highest BCUT2D eigenvalue weighted by Gasteiger charge is 2.32. The molecule has 1 aromatic heterocycles. The molecular formula is C16H25N3O. The first-order valence-electron chi connectivity index (χ1n) is 7.50. The molecule has 1 atom stereocenters. The first-order valence-corrected chi connectivity index (χ1v) is 7.50. The molecule has 4 heteroatoms. The molecule has 2 N–H and O–H groups in total. The molecule has 0 saturated heterocycles. The molecule has 0 spiro atoms. The maximum Gasteiger partial charge on any atom is 0.255 e. The topological polar surface area (TPSA) is 54.0 Å². The molecule has 1 saturated carbocycles. The Kier molecular flexibility index (Phi) is 4.63. The second-order valence-electron chi connectivity index (χ2n) is 6.43. The highest BCUT2D eigenvalue weighted by atomic mass is 16.1. The minimum absolute atomic E-state index is 0.0144. The van der Waals surface area contributed by atoms with Crippen LogP contribution in [0.15, 0.2) is 18.5 Å². The Labute approximate surface area is 121 Å². The maximum absolute atomic E-state index is 12.4. The van der Waals surface area contributed by atoms with E-state index in [1.165, 1.54) is 6.42 Å². The monoisotopic (exact) mass is 275 g/mol. The van der Waals surface area contributed by atoms with Gasteiger partial charge in [0.15, 0.2) is 0 Å². The second kappa shape index (κ2) is 6.25. The Bertz CT molecular complexity index is 471. The molecule has 1 amide bonds. The van der Waals surface area contributed by atoms with Crippen molar-refractivity contribution in [2.75, 3.05) is 11.9 Å².